The molecular formula is C26H27N5O. The molecule has 4 aromatic rings. The molecule has 1 saturated heterocycles. The molecule has 0 spiro atoms. The Kier molecular flexibility index (Phi) is 5.00. The summed E-state index contributed by atoms with van der Waals surface area (Å²) < 4.78 is 0. The van der Waals surface area contributed by atoms with Crippen LogP contribution in [0.2, 0.25) is 0 Å². The molecule has 0 atom stereocenters. The van der Waals surface area contributed by atoms with Crippen molar-refractivity contribution in [3.8, 4) is 0 Å². The summed E-state index contributed by atoms with van der Waals surface area (Å²) in [4.78, 5) is 31.5. The van der Waals surface area contributed by atoms with Gasteiger partial charge in [-0.2, -0.15) is 0 Å². The molecule has 0 unspecified atom stereocenters. The molecule has 0 bridgehead atoms. The maximum absolute atomic E-state index is 13.2. The van der Waals surface area contributed by atoms with Crippen molar-refractivity contribution < 1.29 is 4.79 Å². The summed E-state index contributed by atoms with van der Waals surface area (Å²) in [6.45, 7) is 11.0. The van der Waals surface area contributed by atoms with Crippen LogP contribution in [0.3, 0.4) is 0 Å². The zero-order valence-corrected chi connectivity index (χ0v) is 19.0. The molecule has 0 radical (unpaired) electrons. The largest absolute Gasteiger partial charge is 0.353 e. The highest BCUT2D eigenvalue weighted by molar-refractivity contribution is 5.97. The molecular weight excluding hydrogens is 398 g/mol. The maximum atomic E-state index is 13.2. The lowest BCUT2D eigenvalue weighted by molar-refractivity contribution is 0.0746. The molecule has 1 aliphatic heterocycles. The van der Waals surface area contributed by atoms with Gasteiger partial charge in [0.1, 0.15) is 5.82 Å². The molecule has 0 N–H and O–H groups in total. The zero-order valence-electron chi connectivity index (χ0n) is 19.0. The standard InChI is InChI=1S/C26H27N5O/c1-16-6-5-7-21-17(2)14-24(29-25(16)21)30-10-12-31(13-11-30)26(32)20-8-9-22-23(15-20)28-19(4)18(3)27-22/h5-9,14-15H,10-13H2,1-4H3. The topological polar surface area (TPSA) is 62.2 Å². The van der Waals surface area contributed by atoms with E-state index in [9.17, 15) is 4.79 Å². The van der Waals surface area contributed by atoms with E-state index in [1.165, 1.54) is 16.5 Å². The summed E-state index contributed by atoms with van der Waals surface area (Å²) >= 11 is 0. The van der Waals surface area contributed by atoms with Crippen molar-refractivity contribution in [1.82, 2.24) is 19.9 Å². The number of carbonyl (C=O) groups excluding carboxylic acids is 1. The number of rotatable bonds is 2. The number of pyridine rings is 1. The zero-order chi connectivity index (χ0) is 22.4. The fourth-order valence-corrected chi connectivity index (χ4v) is 4.39. The summed E-state index contributed by atoms with van der Waals surface area (Å²) in [7, 11) is 0. The summed E-state index contributed by atoms with van der Waals surface area (Å²) in [5.41, 5.74) is 7.54. The minimum atomic E-state index is 0.0464. The predicted molar refractivity (Wildman–Crippen MR) is 128 cm³/mol. The van der Waals surface area contributed by atoms with Crippen LogP contribution < -0.4 is 4.90 Å². The molecule has 162 valence electrons. The van der Waals surface area contributed by atoms with Crippen LogP contribution in [0.5, 0.6) is 0 Å². The van der Waals surface area contributed by atoms with Gasteiger partial charge in [-0.3, -0.25) is 4.79 Å². The van der Waals surface area contributed by atoms with Crippen molar-refractivity contribution in [2.24, 2.45) is 0 Å². The Morgan fingerprint density at radius 2 is 1.50 bits per heavy atom. The number of piperazine rings is 1. The molecule has 0 aliphatic carbocycles. The van der Waals surface area contributed by atoms with E-state index in [1.54, 1.807) is 0 Å². The van der Waals surface area contributed by atoms with Gasteiger partial charge in [-0.15, -0.1) is 0 Å². The molecule has 6 heteroatoms. The second-order valence-corrected chi connectivity index (χ2v) is 8.65. The molecule has 6 nitrogen and oxygen atoms in total. The first-order valence-corrected chi connectivity index (χ1v) is 11.1. The van der Waals surface area contributed by atoms with Gasteiger partial charge >= 0.3 is 0 Å². The number of amides is 1. The van der Waals surface area contributed by atoms with E-state index < -0.39 is 0 Å². The lowest BCUT2D eigenvalue weighted by atomic mass is 10.1. The summed E-state index contributed by atoms with van der Waals surface area (Å²) in [5.74, 6) is 1.04. The Bertz CT molecular complexity index is 1360. The van der Waals surface area contributed by atoms with E-state index in [0.29, 0.717) is 18.7 Å². The van der Waals surface area contributed by atoms with Crippen LogP contribution in [0.1, 0.15) is 32.9 Å². The minimum Gasteiger partial charge on any atom is -0.353 e. The fraction of sp³-hybridized carbons (Fsp3) is 0.308. The predicted octanol–water partition coefficient (Wildman–Crippen LogP) is 4.37. The number of aryl methyl sites for hydroxylation is 4. The molecule has 0 saturated carbocycles. The number of aromatic nitrogens is 3. The summed E-state index contributed by atoms with van der Waals surface area (Å²) in [6, 6.07) is 14.1. The van der Waals surface area contributed by atoms with Crippen molar-refractivity contribution in [1.29, 1.82) is 0 Å². The van der Waals surface area contributed by atoms with Crippen molar-refractivity contribution in [2.75, 3.05) is 31.1 Å². The van der Waals surface area contributed by atoms with Gasteiger partial charge in [-0.1, -0.05) is 18.2 Å². The molecule has 2 aromatic carbocycles. The van der Waals surface area contributed by atoms with Crippen LogP contribution in [-0.4, -0.2) is 51.9 Å². The molecule has 2 aromatic heterocycles. The summed E-state index contributed by atoms with van der Waals surface area (Å²) in [6.07, 6.45) is 0. The van der Waals surface area contributed by atoms with Crippen LogP contribution in [0.15, 0.2) is 42.5 Å². The first-order chi connectivity index (χ1) is 15.4. The normalized spacial score (nSPS) is 14.4. The SMILES string of the molecule is Cc1nc2ccc(C(=O)N3CCN(c4cc(C)c5cccc(C)c5n4)CC3)cc2nc1C. The van der Waals surface area contributed by atoms with Crippen LogP contribution in [-0.2, 0) is 0 Å². The Labute approximate surface area is 187 Å². The number of fused-ring (bicyclic) bond motifs is 2. The number of benzene rings is 2. The van der Waals surface area contributed by atoms with Crippen molar-refractivity contribution in [2.45, 2.75) is 27.7 Å². The second-order valence-electron chi connectivity index (χ2n) is 8.65. The number of para-hydroxylation sites is 1. The van der Waals surface area contributed by atoms with Crippen LogP contribution >= 0.6 is 0 Å². The van der Waals surface area contributed by atoms with E-state index >= 15 is 0 Å². The van der Waals surface area contributed by atoms with E-state index in [2.05, 4.69) is 53.0 Å². The molecule has 32 heavy (non-hydrogen) atoms. The second kappa shape index (κ2) is 7.86. The van der Waals surface area contributed by atoms with Crippen LogP contribution in [0.4, 0.5) is 5.82 Å². The van der Waals surface area contributed by atoms with E-state index in [-0.39, 0.29) is 5.91 Å². The highest BCUT2D eigenvalue weighted by Crippen LogP contribution is 2.26. The highest BCUT2D eigenvalue weighted by Gasteiger charge is 2.24. The third-order valence-electron chi connectivity index (χ3n) is 6.45. The van der Waals surface area contributed by atoms with Gasteiger partial charge in [0.15, 0.2) is 0 Å². The Hall–Kier alpha value is -3.54. The fourth-order valence-electron chi connectivity index (χ4n) is 4.39. The Morgan fingerprint density at radius 3 is 2.25 bits per heavy atom. The summed E-state index contributed by atoms with van der Waals surface area (Å²) in [5, 5.41) is 1.20. The highest BCUT2D eigenvalue weighted by atomic mass is 16.2. The maximum Gasteiger partial charge on any atom is 0.254 e. The third-order valence-corrected chi connectivity index (χ3v) is 6.45. The lowest BCUT2D eigenvalue weighted by Crippen LogP contribution is -2.49. The number of hydrogen-bond donors (Lipinski definition) is 0. The molecule has 5 rings (SSSR count). The van der Waals surface area contributed by atoms with Gasteiger partial charge < -0.3 is 9.80 Å². The van der Waals surface area contributed by atoms with Crippen LogP contribution in [0, 0.1) is 27.7 Å². The van der Waals surface area contributed by atoms with Gasteiger partial charge in [-0.05, 0) is 63.1 Å². The first-order valence-electron chi connectivity index (χ1n) is 11.1. The monoisotopic (exact) mass is 425 g/mol. The molecule has 3 heterocycles. The van der Waals surface area contributed by atoms with Gasteiger partial charge in [0.2, 0.25) is 0 Å². The Balaban J connectivity index is 1.34. The number of carbonyl (C=O) groups is 1. The Morgan fingerprint density at radius 1 is 0.781 bits per heavy atom. The van der Waals surface area contributed by atoms with Crippen molar-refractivity contribution in [3.63, 3.8) is 0 Å². The van der Waals surface area contributed by atoms with Crippen LogP contribution in [0.25, 0.3) is 21.9 Å². The smallest absolute Gasteiger partial charge is 0.254 e. The van der Waals surface area contributed by atoms with E-state index in [1.807, 2.05) is 36.9 Å². The molecule has 1 fully saturated rings. The van der Waals surface area contributed by atoms with E-state index in [0.717, 1.165) is 46.8 Å². The van der Waals surface area contributed by atoms with Gasteiger partial charge in [-0.25, -0.2) is 15.0 Å². The lowest BCUT2D eigenvalue weighted by Gasteiger charge is -2.35. The number of nitrogens with zero attached hydrogens (tertiary/aromatic N) is 5. The van der Waals surface area contributed by atoms with Crippen molar-refractivity contribution >= 4 is 33.7 Å². The number of anilines is 1. The average molecular weight is 426 g/mol. The third kappa shape index (κ3) is 3.55. The van der Waals surface area contributed by atoms with Crippen molar-refractivity contribution in [3.05, 3.63) is 70.5 Å². The first kappa shape index (κ1) is 20.4. The minimum absolute atomic E-state index is 0.0464. The van der Waals surface area contributed by atoms with Gasteiger partial charge in [0.05, 0.1) is 27.9 Å². The molecule has 1 amide bonds. The van der Waals surface area contributed by atoms with E-state index in [4.69, 9.17) is 4.98 Å². The average Bonchev–Trinajstić information content (AvgIpc) is 2.80. The number of hydrogen-bond acceptors (Lipinski definition) is 5. The van der Waals surface area contributed by atoms with Gasteiger partial charge in [0.25, 0.3) is 5.91 Å². The van der Waals surface area contributed by atoms with Gasteiger partial charge in [0, 0.05) is 37.1 Å². The molecule has 1 aliphatic rings. The quantitative estimate of drug-likeness (QED) is 0.477.